The fourth-order valence-corrected chi connectivity index (χ4v) is 1.74. The molecular formula is C16H21N3O. The number of nitrogens with zero attached hydrogens (tertiary/aromatic N) is 1. The third-order valence-corrected chi connectivity index (χ3v) is 2.70. The van der Waals surface area contributed by atoms with Gasteiger partial charge in [0.05, 0.1) is 5.69 Å². The van der Waals surface area contributed by atoms with E-state index in [1.165, 1.54) is 0 Å². The van der Waals surface area contributed by atoms with Crippen LogP contribution < -0.4 is 15.8 Å². The topological polar surface area (TPSA) is 60.2 Å². The Morgan fingerprint density at radius 1 is 1.10 bits per heavy atom. The Morgan fingerprint density at radius 3 is 2.45 bits per heavy atom. The number of benzene rings is 1. The van der Waals surface area contributed by atoms with Gasteiger partial charge in [0.1, 0.15) is 11.4 Å². The molecule has 1 heterocycles. The van der Waals surface area contributed by atoms with Crippen LogP contribution in [0.3, 0.4) is 0 Å². The smallest absolute Gasteiger partial charge is 0.239 e. The summed E-state index contributed by atoms with van der Waals surface area (Å²) in [7, 11) is 0. The van der Waals surface area contributed by atoms with E-state index in [-0.39, 0.29) is 5.60 Å². The van der Waals surface area contributed by atoms with Crippen LogP contribution in [0, 0.1) is 6.92 Å². The number of pyridine rings is 1. The van der Waals surface area contributed by atoms with Crippen LogP contribution in [0.4, 0.5) is 17.2 Å². The Labute approximate surface area is 120 Å². The van der Waals surface area contributed by atoms with Crippen molar-refractivity contribution in [3.05, 3.63) is 42.0 Å². The normalized spacial score (nSPS) is 11.2. The quantitative estimate of drug-likeness (QED) is 0.889. The van der Waals surface area contributed by atoms with Crippen molar-refractivity contribution in [2.75, 3.05) is 11.1 Å². The number of nitrogen functional groups attached to an aromatic ring is 1. The van der Waals surface area contributed by atoms with Gasteiger partial charge in [-0.05, 0) is 51.5 Å². The molecule has 0 unspecified atom stereocenters. The average molecular weight is 271 g/mol. The number of rotatable bonds is 3. The van der Waals surface area contributed by atoms with Crippen LogP contribution in [-0.2, 0) is 0 Å². The van der Waals surface area contributed by atoms with Crippen LogP contribution >= 0.6 is 0 Å². The van der Waals surface area contributed by atoms with Crippen molar-refractivity contribution in [3.8, 4) is 5.88 Å². The second-order valence-corrected chi connectivity index (χ2v) is 5.75. The molecule has 0 fully saturated rings. The van der Waals surface area contributed by atoms with Crippen molar-refractivity contribution in [2.24, 2.45) is 0 Å². The molecule has 106 valence electrons. The van der Waals surface area contributed by atoms with Crippen LogP contribution in [0.5, 0.6) is 5.88 Å². The first kappa shape index (κ1) is 14.2. The lowest BCUT2D eigenvalue weighted by atomic mass is 10.2. The summed E-state index contributed by atoms with van der Waals surface area (Å²) in [6.07, 6.45) is 0. The monoisotopic (exact) mass is 271 g/mol. The maximum Gasteiger partial charge on any atom is 0.239 e. The van der Waals surface area contributed by atoms with E-state index in [1.807, 2.05) is 58.0 Å². The molecular weight excluding hydrogens is 250 g/mol. The van der Waals surface area contributed by atoms with Crippen molar-refractivity contribution in [1.82, 2.24) is 4.98 Å². The van der Waals surface area contributed by atoms with Crippen molar-refractivity contribution in [2.45, 2.75) is 33.3 Å². The lowest BCUT2D eigenvalue weighted by Gasteiger charge is -2.21. The molecule has 0 aliphatic carbocycles. The number of hydrogen-bond acceptors (Lipinski definition) is 4. The first-order chi connectivity index (χ1) is 9.35. The molecule has 20 heavy (non-hydrogen) atoms. The highest BCUT2D eigenvalue weighted by Crippen LogP contribution is 2.27. The van der Waals surface area contributed by atoms with Gasteiger partial charge >= 0.3 is 0 Å². The summed E-state index contributed by atoms with van der Waals surface area (Å²) < 4.78 is 5.76. The largest absolute Gasteiger partial charge is 0.470 e. The predicted octanol–water partition coefficient (Wildman–Crippen LogP) is 3.89. The molecule has 0 bridgehead atoms. The van der Waals surface area contributed by atoms with Gasteiger partial charge in [0.15, 0.2) is 0 Å². The molecule has 2 rings (SSSR count). The first-order valence-corrected chi connectivity index (χ1v) is 6.63. The van der Waals surface area contributed by atoms with Crippen LogP contribution in [0.2, 0.25) is 0 Å². The zero-order valence-corrected chi connectivity index (χ0v) is 12.4. The fourth-order valence-electron chi connectivity index (χ4n) is 1.74. The van der Waals surface area contributed by atoms with E-state index in [4.69, 9.17) is 10.5 Å². The highest BCUT2D eigenvalue weighted by Gasteiger charge is 2.15. The summed E-state index contributed by atoms with van der Waals surface area (Å²) in [6, 6.07) is 11.7. The standard InChI is InChI=1S/C16H21N3O/c1-11-7-5-6-8-13(11)18-14-10-9-12(17)15(19-14)20-16(2,3)4/h5-10H,17H2,1-4H3,(H,18,19). The van der Waals surface area contributed by atoms with Gasteiger partial charge in [-0.2, -0.15) is 4.98 Å². The number of aryl methyl sites for hydroxylation is 1. The van der Waals surface area contributed by atoms with Gasteiger partial charge in [-0.25, -0.2) is 0 Å². The van der Waals surface area contributed by atoms with Gasteiger partial charge in [0, 0.05) is 5.69 Å². The van der Waals surface area contributed by atoms with E-state index in [0.717, 1.165) is 11.3 Å². The lowest BCUT2D eigenvalue weighted by Crippen LogP contribution is -2.24. The summed E-state index contributed by atoms with van der Waals surface area (Å²) in [4.78, 5) is 4.44. The maximum atomic E-state index is 5.90. The minimum Gasteiger partial charge on any atom is -0.470 e. The number of nitrogens with one attached hydrogen (secondary N) is 1. The van der Waals surface area contributed by atoms with Crippen LogP contribution in [0.25, 0.3) is 0 Å². The maximum absolute atomic E-state index is 5.90. The Morgan fingerprint density at radius 2 is 1.80 bits per heavy atom. The average Bonchev–Trinajstić information content (AvgIpc) is 2.34. The van der Waals surface area contributed by atoms with Gasteiger partial charge in [0.25, 0.3) is 0 Å². The fraction of sp³-hybridized carbons (Fsp3) is 0.312. The summed E-state index contributed by atoms with van der Waals surface area (Å²) in [5.41, 5.74) is 8.29. The zero-order chi connectivity index (χ0) is 14.8. The number of nitrogens with two attached hydrogens (primary N) is 1. The van der Waals surface area contributed by atoms with Gasteiger partial charge < -0.3 is 15.8 Å². The molecule has 0 aliphatic heterocycles. The van der Waals surface area contributed by atoms with E-state index >= 15 is 0 Å². The van der Waals surface area contributed by atoms with E-state index < -0.39 is 0 Å². The first-order valence-electron chi connectivity index (χ1n) is 6.63. The third kappa shape index (κ3) is 3.63. The molecule has 0 atom stereocenters. The second kappa shape index (κ2) is 5.41. The second-order valence-electron chi connectivity index (χ2n) is 5.75. The zero-order valence-electron chi connectivity index (χ0n) is 12.4. The summed E-state index contributed by atoms with van der Waals surface area (Å²) in [5.74, 6) is 1.17. The lowest BCUT2D eigenvalue weighted by molar-refractivity contribution is 0.125. The summed E-state index contributed by atoms with van der Waals surface area (Å²) >= 11 is 0. The molecule has 0 radical (unpaired) electrons. The van der Waals surface area contributed by atoms with Crippen molar-refractivity contribution in [3.63, 3.8) is 0 Å². The molecule has 2 aromatic rings. The number of hydrogen-bond donors (Lipinski definition) is 2. The summed E-state index contributed by atoms with van der Waals surface area (Å²) in [5, 5.41) is 3.28. The molecule has 0 spiro atoms. The molecule has 0 aliphatic rings. The van der Waals surface area contributed by atoms with Gasteiger partial charge in [-0.15, -0.1) is 0 Å². The Hall–Kier alpha value is -2.23. The molecule has 0 amide bonds. The van der Waals surface area contributed by atoms with Gasteiger partial charge in [-0.3, -0.25) is 0 Å². The molecule has 1 aromatic heterocycles. The van der Waals surface area contributed by atoms with Crippen molar-refractivity contribution in [1.29, 1.82) is 0 Å². The number of ether oxygens (including phenoxy) is 1. The highest BCUT2D eigenvalue weighted by atomic mass is 16.5. The molecule has 4 nitrogen and oxygen atoms in total. The van der Waals surface area contributed by atoms with E-state index in [0.29, 0.717) is 17.4 Å². The minimum atomic E-state index is -0.331. The number of para-hydroxylation sites is 1. The molecule has 3 N–H and O–H groups in total. The Balaban J connectivity index is 2.26. The molecule has 4 heteroatoms. The van der Waals surface area contributed by atoms with Gasteiger partial charge in [0.2, 0.25) is 5.88 Å². The van der Waals surface area contributed by atoms with Gasteiger partial charge in [-0.1, -0.05) is 18.2 Å². The Bertz CT molecular complexity index is 603. The molecule has 1 aromatic carbocycles. The van der Waals surface area contributed by atoms with Crippen molar-refractivity contribution >= 4 is 17.2 Å². The van der Waals surface area contributed by atoms with Crippen LogP contribution in [-0.4, -0.2) is 10.6 Å². The predicted molar refractivity (Wildman–Crippen MR) is 83.5 cm³/mol. The molecule has 0 saturated carbocycles. The number of anilines is 3. The van der Waals surface area contributed by atoms with Crippen molar-refractivity contribution < 1.29 is 4.74 Å². The SMILES string of the molecule is Cc1ccccc1Nc1ccc(N)c(OC(C)(C)C)n1. The van der Waals surface area contributed by atoms with E-state index in [1.54, 1.807) is 6.07 Å². The summed E-state index contributed by atoms with van der Waals surface area (Å²) in [6.45, 7) is 7.95. The minimum absolute atomic E-state index is 0.331. The molecule has 0 saturated heterocycles. The van der Waals surface area contributed by atoms with E-state index in [2.05, 4.69) is 10.3 Å². The highest BCUT2D eigenvalue weighted by molar-refractivity contribution is 5.63. The number of aromatic nitrogens is 1. The van der Waals surface area contributed by atoms with E-state index in [9.17, 15) is 0 Å². The Kier molecular flexibility index (Phi) is 3.84. The third-order valence-electron chi connectivity index (χ3n) is 2.70. The van der Waals surface area contributed by atoms with Crippen LogP contribution in [0.15, 0.2) is 36.4 Å². The van der Waals surface area contributed by atoms with Crippen LogP contribution in [0.1, 0.15) is 26.3 Å².